The van der Waals surface area contributed by atoms with Crippen molar-refractivity contribution in [2.45, 2.75) is 69.8 Å². The van der Waals surface area contributed by atoms with Gasteiger partial charge in [-0.2, -0.15) is 0 Å². The Morgan fingerprint density at radius 3 is 2.55 bits per heavy atom. The highest BCUT2D eigenvalue weighted by Gasteiger charge is 2.25. The van der Waals surface area contributed by atoms with Crippen LogP contribution in [0.1, 0.15) is 57.6 Å². The molecule has 1 heterocycles. The number of aldehydes is 1. The van der Waals surface area contributed by atoms with Crippen molar-refractivity contribution in [1.29, 1.82) is 0 Å². The second kappa shape index (κ2) is 12.6. The fourth-order valence-corrected chi connectivity index (χ4v) is 5.12. The number of hydrogen-bond acceptors (Lipinski definition) is 7. The van der Waals surface area contributed by atoms with Crippen molar-refractivity contribution in [1.82, 2.24) is 4.90 Å². The zero-order valence-electron chi connectivity index (χ0n) is 22.6. The molecule has 1 aliphatic heterocycles. The SMILES string of the molecule is COc1ccc(-c2cc3c(c(S(N)(=O)=O)c2)OCCC3)cc1CCN(CCCCC=O)C(=O)OC(C)(C)C. The summed E-state index contributed by atoms with van der Waals surface area (Å²) in [5.41, 5.74) is 2.54. The molecule has 38 heavy (non-hydrogen) atoms. The molecule has 0 aromatic heterocycles. The lowest BCUT2D eigenvalue weighted by atomic mass is 9.96. The van der Waals surface area contributed by atoms with E-state index in [2.05, 4.69) is 0 Å². The largest absolute Gasteiger partial charge is 0.496 e. The molecule has 0 fully saturated rings. The Morgan fingerprint density at radius 2 is 1.89 bits per heavy atom. The van der Waals surface area contributed by atoms with Gasteiger partial charge in [0.25, 0.3) is 0 Å². The monoisotopic (exact) mass is 546 g/mol. The van der Waals surface area contributed by atoms with Crippen LogP contribution in [0.5, 0.6) is 11.5 Å². The van der Waals surface area contributed by atoms with Gasteiger partial charge in [0.15, 0.2) is 0 Å². The van der Waals surface area contributed by atoms with Crippen LogP contribution in [0.4, 0.5) is 4.79 Å². The van der Waals surface area contributed by atoms with Gasteiger partial charge in [-0.15, -0.1) is 0 Å². The van der Waals surface area contributed by atoms with Crippen molar-refractivity contribution < 1.29 is 32.2 Å². The number of aryl methyl sites for hydroxylation is 1. The Labute approximate surface area is 225 Å². The Morgan fingerprint density at radius 1 is 1.13 bits per heavy atom. The van der Waals surface area contributed by atoms with E-state index in [1.165, 1.54) is 0 Å². The van der Waals surface area contributed by atoms with E-state index < -0.39 is 21.7 Å². The average molecular weight is 547 g/mol. The molecule has 9 nitrogen and oxygen atoms in total. The van der Waals surface area contributed by atoms with Crippen LogP contribution in [-0.2, 0) is 32.4 Å². The molecule has 2 aromatic carbocycles. The van der Waals surface area contributed by atoms with Gasteiger partial charge >= 0.3 is 6.09 Å². The highest BCUT2D eigenvalue weighted by molar-refractivity contribution is 7.89. The number of unbranched alkanes of at least 4 members (excludes halogenated alkanes) is 2. The van der Waals surface area contributed by atoms with E-state index in [0.717, 1.165) is 29.4 Å². The van der Waals surface area contributed by atoms with E-state index in [-0.39, 0.29) is 4.90 Å². The quantitative estimate of drug-likeness (QED) is 0.325. The van der Waals surface area contributed by atoms with E-state index in [9.17, 15) is 18.0 Å². The first kappa shape index (κ1) is 29.4. The minimum Gasteiger partial charge on any atom is -0.496 e. The van der Waals surface area contributed by atoms with E-state index in [4.69, 9.17) is 19.3 Å². The Hall–Kier alpha value is -3.11. The first-order valence-corrected chi connectivity index (χ1v) is 14.4. The first-order valence-electron chi connectivity index (χ1n) is 12.8. The van der Waals surface area contributed by atoms with Crippen LogP contribution < -0.4 is 14.6 Å². The number of methoxy groups -OCH3 is 1. The molecule has 10 heteroatoms. The lowest BCUT2D eigenvalue weighted by Gasteiger charge is -2.27. The molecule has 2 N–H and O–H groups in total. The fourth-order valence-electron chi connectivity index (χ4n) is 4.38. The number of nitrogens with zero attached hydrogens (tertiary/aromatic N) is 1. The van der Waals surface area contributed by atoms with Gasteiger partial charge in [-0.1, -0.05) is 6.07 Å². The molecule has 0 radical (unpaired) electrons. The van der Waals surface area contributed by atoms with Crippen molar-refractivity contribution in [2.75, 3.05) is 26.8 Å². The predicted octanol–water partition coefficient (Wildman–Crippen LogP) is 4.48. The summed E-state index contributed by atoms with van der Waals surface area (Å²) in [5.74, 6) is 0.991. The van der Waals surface area contributed by atoms with Crippen molar-refractivity contribution in [2.24, 2.45) is 5.14 Å². The second-order valence-corrected chi connectivity index (χ2v) is 11.9. The molecular formula is C28H38N2O7S. The maximum atomic E-state index is 12.9. The van der Waals surface area contributed by atoms with Crippen LogP contribution >= 0.6 is 0 Å². The number of benzene rings is 2. The second-order valence-electron chi connectivity index (χ2n) is 10.4. The minimum absolute atomic E-state index is 0.0199. The summed E-state index contributed by atoms with van der Waals surface area (Å²) in [7, 11) is -2.40. The molecule has 0 bridgehead atoms. The normalized spacial score (nSPS) is 13.3. The average Bonchev–Trinajstić information content (AvgIpc) is 2.85. The lowest BCUT2D eigenvalue weighted by Crippen LogP contribution is -2.38. The van der Waals surface area contributed by atoms with Crippen LogP contribution in [0, 0.1) is 0 Å². The fraction of sp³-hybridized carbons (Fsp3) is 0.500. The van der Waals surface area contributed by atoms with Crippen LogP contribution in [0.15, 0.2) is 35.2 Å². The highest BCUT2D eigenvalue weighted by Crippen LogP contribution is 2.37. The minimum atomic E-state index is -3.99. The molecule has 0 unspecified atom stereocenters. The van der Waals surface area contributed by atoms with Crippen LogP contribution in [0.2, 0.25) is 0 Å². The molecule has 2 aromatic rings. The van der Waals surface area contributed by atoms with Gasteiger partial charge in [-0.3, -0.25) is 0 Å². The molecule has 3 rings (SSSR count). The molecule has 0 spiro atoms. The van der Waals surface area contributed by atoms with Crippen LogP contribution in [0.25, 0.3) is 11.1 Å². The van der Waals surface area contributed by atoms with E-state index in [1.807, 2.05) is 45.0 Å². The maximum Gasteiger partial charge on any atom is 0.410 e. The van der Waals surface area contributed by atoms with E-state index in [1.54, 1.807) is 18.1 Å². The number of hydrogen-bond donors (Lipinski definition) is 1. The van der Waals surface area contributed by atoms with Gasteiger partial charge in [0.05, 0.1) is 13.7 Å². The highest BCUT2D eigenvalue weighted by atomic mass is 32.2. The van der Waals surface area contributed by atoms with E-state index in [0.29, 0.717) is 68.9 Å². The summed E-state index contributed by atoms with van der Waals surface area (Å²) in [4.78, 5) is 25.2. The lowest BCUT2D eigenvalue weighted by molar-refractivity contribution is -0.107. The van der Waals surface area contributed by atoms with Gasteiger partial charge in [0, 0.05) is 19.5 Å². The van der Waals surface area contributed by atoms with Gasteiger partial charge in [-0.05, 0) is 99.4 Å². The zero-order chi connectivity index (χ0) is 27.9. The molecule has 208 valence electrons. The van der Waals surface area contributed by atoms with Gasteiger partial charge < -0.3 is 23.9 Å². The topological polar surface area (TPSA) is 125 Å². The maximum absolute atomic E-state index is 12.9. The number of rotatable bonds is 11. The summed E-state index contributed by atoms with van der Waals surface area (Å²) in [5, 5.41) is 5.52. The summed E-state index contributed by atoms with van der Waals surface area (Å²) in [6.45, 7) is 6.76. The molecule has 1 amide bonds. The number of ether oxygens (including phenoxy) is 3. The Bertz CT molecular complexity index is 1250. The summed E-state index contributed by atoms with van der Waals surface area (Å²) in [6.07, 6.45) is 4.27. The van der Waals surface area contributed by atoms with Crippen LogP contribution in [-0.4, -0.2) is 58.1 Å². The molecule has 1 aliphatic rings. The van der Waals surface area contributed by atoms with Gasteiger partial charge in [-0.25, -0.2) is 18.4 Å². The summed E-state index contributed by atoms with van der Waals surface area (Å²) >= 11 is 0. The number of carbonyl (C=O) groups is 2. The van der Waals surface area contributed by atoms with Gasteiger partial charge in [0.2, 0.25) is 10.0 Å². The summed E-state index contributed by atoms with van der Waals surface area (Å²) < 4.78 is 41.5. The van der Waals surface area contributed by atoms with E-state index >= 15 is 0 Å². The van der Waals surface area contributed by atoms with Crippen molar-refractivity contribution >= 4 is 22.4 Å². The standard InChI is InChI=1S/C28H38N2O7S/c1-28(2,3)37-27(32)30(13-6-5-7-15-31)14-12-21-17-20(10-11-24(21)35-4)23-18-22-9-8-16-36-26(22)25(19-23)38(29,33)34/h10-11,15,17-19H,5-9,12-14,16H2,1-4H3,(H2,29,33,34). The third-order valence-corrected chi connectivity index (χ3v) is 7.11. The molecule has 0 atom stereocenters. The zero-order valence-corrected chi connectivity index (χ0v) is 23.4. The van der Waals surface area contributed by atoms with Crippen LogP contribution in [0.3, 0.4) is 0 Å². The number of sulfonamides is 1. The number of fused-ring (bicyclic) bond motifs is 1. The number of primary sulfonamides is 1. The number of amides is 1. The Balaban J connectivity index is 1.90. The third kappa shape index (κ3) is 7.94. The molecular weight excluding hydrogens is 508 g/mol. The van der Waals surface area contributed by atoms with Gasteiger partial charge in [0.1, 0.15) is 28.3 Å². The smallest absolute Gasteiger partial charge is 0.410 e. The molecule has 0 aliphatic carbocycles. The Kier molecular flexibility index (Phi) is 9.78. The first-order chi connectivity index (χ1) is 17.9. The molecule has 0 saturated heterocycles. The number of carbonyl (C=O) groups excluding carboxylic acids is 2. The van der Waals surface area contributed by atoms with Crippen molar-refractivity contribution in [3.05, 3.63) is 41.5 Å². The number of nitrogens with two attached hydrogens (primary N) is 1. The molecule has 0 saturated carbocycles. The predicted molar refractivity (Wildman–Crippen MR) is 145 cm³/mol. The summed E-state index contributed by atoms with van der Waals surface area (Å²) in [6, 6.07) is 9.13. The third-order valence-electron chi connectivity index (χ3n) is 6.19. The van der Waals surface area contributed by atoms with Crippen molar-refractivity contribution in [3.8, 4) is 22.6 Å². The van der Waals surface area contributed by atoms with Crippen molar-refractivity contribution in [3.63, 3.8) is 0 Å².